The summed E-state index contributed by atoms with van der Waals surface area (Å²) in [7, 11) is -14.5. The molecule has 6 heterocycles. The highest BCUT2D eigenvalue weighted by molar-refractivity contribution is 7.92. The number of nitrogens with zero attached hydrogens (tertiary/aromatic N) is 9. The van der Waals surface area contributed by atoms with E-state index in [-0.39, 0.29) is 20.4 Å². The van der Waals surface area contributed by atoms with Gasteiger partial charge < -0.3 is 27.4 Å². The molecular formula is C58H55FN18O8S4. The van der Waals surface area contributed by atoms with Gasteiger partial charge in [-0.2, -0.15) is 0 Å². The number of hydrogen-bond donors (Lipinski definition) is 9. The van der Waals surface area contributed by atoms with Crippen LogP contribution in [0.3, 0.4) is 0 Å². The minimum absolute atomic E-state index is 0.0384. The average Bonchev–Trinajstić information content (AvgIpc) is 4.32. The quantitative estimate of drug-likeness (QED) is 0.0431. The first-order valence-corrected chi connectivity index (χ1v) is 32.9. The first-order valence-electron chi connectivity index (χ1n) is 26.4. The summed E-state index contributed by atoms with van der Waals surface area (Å²) < 4.78 is 113. The van der Waals surface area contributed by atoms with Gasteiger partial charge in [0.05, 0.1) is 62.3 Å². The van der Waals surface area contributed by atoms with Crippen LogP contribution in [0.5, 0.6) is 0 Å². The molecule has 12 rings (SSSR count). The van der Waals surface area contributed by atoms with Crippen molar-refractivity contribution in [2.45, 2.75) is 34.3 Å². The molecule has 89 heavy (non-hydrogen) atoms. The predicted molar refractivity (Wildman–Crippen MR) is 338 cm³/mol. The summed E-state index contributed by atoms with van der Waals surface area (Å²) in [4.78, 5) is 26.5. The molecule has 0 atom stereocenters. The van der Waals surface area contributed by atoms with E-state index in [1.165, 1.54) is 48.5 Å². The van der Waals surface area contributed by atoms with Crippen molar-refractivity contribution in [2.75, 3.05) is 38.4 Å². The van der Waals surface area contributed by atoms with Crippen molar-refractivity contribution in [3.05, 3.63) is 218 Å². The van der Waals surface area contributed by atoms with Crippen molar-refractivity contribution in [3.63, 3.8) is 0 Å². The molecule has 0 radical (unpaired) electrons. The zero-order valence-electron chi connectivity index (χ0n) is 46.8. The third-order valence-corrected chi connectivity index (χ3v) is 16.8. The molecule has 6 aromatic carbocycles. The summed E-state index contributed by atoms with van der Waals surface area (Å²) in [6, 6.07) is 38.1. The lowest BCUT2D eigenvalue weighted by atomic mass is 10.1. The van der Waals surface area contributed by atoms with Gasteiger partial charge in [-0.25, -0.2) is 83.4 Å². The number of benzene rings is 6. The Morgan fingerprint density at radius 1 is 0.438 bits per heavy atom. The number of nitrogens with two attached hydrogens (primary N) is 5. The number of imidazole rings is 3. The van der Waals surface area contributed by atoms with Crippen LogP contribution < -0.4 is 47.6 Å². The second kappa shape index (κ2) is 25.5. The molecule has 14 N–H and O–H groups in total. The number of anilines is 6. The summed E-state index contributed by atoms with van der Waals surface area (Å²) in [5.74, 6) is 1.18. The highest BCUT2D eigenvalue weighted by Crippen LogP contribution is 2.29. The third kappa shape index (κ3) is 15.1. The molecular weight excluding hydrogens is 1220 g/mol. The minimum atomic E-state index is -3.78. The average molecular weight is 1280 g/mol. The number of nitrogens with one attached hydrogen (secondary N) is 4. The Bertz CT molecular complexity index is 5040. The fourth-order valence-corrected chi connectivity index (χ4v) is 11.2. The number of nitrogen functional groups attached to an aromatic ring is 2. The molecule has 0 amide bonds. The van der Waals surface area contributed by atoms with Gasteiger partial charge in [-0.3, -0.25) is 17.9 Å². The van der Waals surface area contributed by atoms with Gasteiger partial charge in [-0.05, 0) is 89.5 Å². The molecule has 0 aliphatic heterocycles. The van der Waals surface area contributed by atoms with E-state index in [4.69, 9.17) is 26.9 Å². The molecule has 0 bridgehead atoms. The number of fused-ring (bicyclic) bond motifs is 3. The topological polar surface area (TPSA) is 405 Å². The summed E-state index contributed by atoms with van der Waals surface area (Å²) >= 11 is 0. The van der Waals surface area contributed by atoms with Crippen LogP contribution in [0.2, 0.25) is 0 Å². The molecule has 0 fully saturated rings. The molecule has 31 heteroatoms. The summed E-state index contributed by atoms with van der Waals surface area (Å²) in [5, 5.41) is 25.0. The molecule has 26 nitrogen and oxygen atoms in total. The first-order chi connectivity index (χ1) is 42.3. The van der Waals surface area contributed by atoms with Gasteiger partial charge in [0.2, 0.25) is 40.1 Å². The molecule has 456 valence electrons. The van der Waals surface area contributed by atoms with Crippen LogP contribution in [-0.4, -0.2) is 83.0 Å². The monoisotopic (exact) mass is 1280 g/mol. The van der Waals surface area contributed by atoms with Crippen molar-refractivity contribution >= 4 is 91.6 Å². The largest absolute Gasteiger partial charge is 0.399 e. The first kappa shape index (κ1) is 61.7. The van der Waals surface area contributed by atoms with Crippen LogP contribution in [-0.2, 0) is 59.7 Å². The fourth-order valence-electron chi connectivity index (χ4n) is 9.02. The van der Waals surface area contributed by atoms with Crippen LogP contribution >= 0.6 is 0 Å². The maximum absolute atomic E-state index is 13.8. The summed E-state index contributed by atoms with van der Waals surface area (Å²) in [5.41, 5.74) is 21.8. The van der Waals surface area contributed by atoms with Gasteiger partial charge in [0, 0.05) is 84.9 Å². The van der Waals surface area contributed by atoms with Crippen LogP contribution in [0, 0.1) is 5.82 Å². The third-order valence-electron chi connectivity index (χ3n) is 13.4. The minimum Gasteiger partial charge on any atom is -0.399 e. The Morgan fingerprint density at radius 2 is 0.831 bits per heavy atom. The maximum atomic E-state index is 13.8. The second-order valence-electron chi connectivity index (χ2n) is 19.8. The summed E-state index contributed by atoms with van der Waals surface area (Å²) in [6.45, 7) is 1.18. The molecule has 0 saturated heterocycles. The van der Waals surface area contributed by atoms with Gasteiger partial charge in [0.15, 0.2) is 34.4 Å². The number of hydrogen-bond acceptors (Lipinski definition) is 19. The SMILES string of the molecule is CS(=O)(=O)Nc1ccc(-c2cnc3c(NCc4ccc(S(N)(=O)=O)cc4)nccn23)cc1.Nc1ccc(-c2cnc3c(NCc4ccc(S(N)(=O)=O)cc4)nccn23)cc1.Nc1ccc(-c2cnc3c(NCc4cccc(S(N)(=O)=O)c4)nccn23)cc1F. The number of aromatic nitrogens is 9. The normalized spacial score (nSPS) is 11.8. The number of rotatable bonds is 17. The molecule has 0 saturated carbocycles. The van der Waals surface area contributed by atoms with E-state index in [9.17, 15) is 38.1 Å². The van der Waals surface area contributed by atoms with Crippen LogP contribution in [0.15, 0.2) is 210 Å². The lowest BCUT2D eigenvalue weighted by Gasteiger charge is -2.09. The number of halogens is 1. The Kier molecular flexibility index (Phi) is 17.7. The van der Waals surface area contributed by atoms with Crippen LogP contribution in [0.4, 0.5) is 38.9 Å². The molecule has 0 aliphatic carbocycles. The number of primary sulfonamides is 3. The predicted octanol–water partition coefficient (Wildman–Crippen LogP) is 6.64. The lowest BCUT2D eigenvalue weighted by Crippen LogP contribution is -2.12. The van der Waals surface area contributed by atoms with E-state index in [0.717, 1.165) is 39.9 Å². The van der Waals surface area contributed by atoms with Crippen molar-refractivity contribution < 1.29 is 38.1 Å². The maximum Gasteiger partial charge on any atom is 0.238 e. The van der Waals surface area contributed by atoms with Crippen molar-refractivity contribution in [3.8, 4) is 33.8 Å². The van der Waals surface area contributed by atoms with Gasteiger partial charge in [-0.15, -0.1) is 0 Å². The Balaban J connectivity index is 0.000000147. The van der Waals surface area contributed by atoms with E-state index < -0.39 is 45.9 Å². The Hall–Kier alpha value is -10.4. The lowest BCUT2D eigenvalue weighted by molar-refractivity contribution is 0.596. The zero-order valence-corrected chi connectivity index (χ0v) is 50.1. The van der Waals surface area contributed by atoms with E-state index in [0.29, 0.717) is 82.2 Å². The fraction of sp³-hybridized carbons (Fsp3) is 0.0690. The van der Waals surface area contributed by atoms with E-state index in [1.807, 2.05) is 39.3 Å². The smallest absolute Gasteiger partial charge is 0.238 e. The standard InChI is InChI=1S/C20H20N6O4S2.C19H17FN6O2S.C19H18N6O2S/c1-31(27,28)25-16-6-4-15(5-7-16)18-13-24-20-19(22-10-11-26(18)20)23-12-14-2-8-17(9-3-14)32(21,29)30;20-15-9-13(4-5-16(15)21)17-11-25-19-18(23-6-7-26(17)19)24-10-12-2-1-3-14(8-12)29(22,27)28;20-15-5-3-14(4-6-15)17-12-24-19-18(22-9-10-25(17)19)23-11-13-1-7-16(8-2-13)28(21,26)27/h2-11,13,25H,12H2,1H3,(H,22,23)(H2,21,29,30);1-9,11H,10,21H2,(H,23,24)(H2,22,27,28);1-10,12H,11,20H2,(H,22,23)(H2,21,26,27). The van der Waals surface area contributed by atoms with Crippen molar-refractivity contribution in [1.29, 1.82) is 0 Å². The molecule has 0 unspecified atom stereocenters. The highest BCUT2D eigenvalue weighted by Gasteiger charge is 2.17. The molecule has 0 spiro atoms. The molecule has 0 aliphatic rings. The van der Waals surface area contributed by atoms with E-state index in [2.05, 4.69) is 50.6 Å². The van der Waals surface area contributed by atoms with Crippen LogP contribution in [0.1, 0.15) is 16.7 Å². The Morgan fingerprint density at radius 3 is 1.24 bits per heavy atom. The number of sulfonamides is 4. The van der Waals surface area contributed by atoms with Gasteiger partial charge in [0.25, 0.3) is 0 Å². The van der Waals surface area contributed by atoms with Crippen LogP contribution in [0.25, 0.3) is 50.7 Å². The van der Waals surface area contributed by atoms with E-state index >= 15 is 0 Å². The Labute approximate surface area is 509 Å². The molecule has 12 aromatic rings. The highest BCUT2D eigenvalue weighted by atomic mass is 32.2. The van der Waals surface area contributed by atoms with Gasteiger partial charge >= 0.3 is 0 Å². The van der Waals surface area contributed by atoms with Crippen molar-refractivity contribution in [1.82, 2.24) is 43.1 Å². The molecule has 6 aromatic heterocycles. The van der Waals surface area contributed by atoms with Crippen molar-refractivity contribution in [2.24, 2.45) is 15.4 Å². The summed E-state index contributed by atoms with van der Waals surface area (Å²) in [6.07, 6.45) is 16.5. The second-order valence-corrected chi connectivity index (χ2v) is 26.2. The van der Waals surface area contributed by atoms with Gasteiger partial charge in [0.1, 0.15) is 5.82 Å². The van der Waals surface area contributed by atoms with E-state index in [1.54, 1.807) is 121 Å². The van der Waals surface area contributed by atoms with Gasteiger partial charge in [-0.1, -0.05) is 66.7 Å². The zero-order chi connectivity index (χ0) is 63.3.